The van der Waals surface area contributed by atoms with Gasteiger partial charge in [-0.2, -0.15) is 0 Å². The van der Waals surface area contributed by atoms with Gasteiger partial charge in [-0.1, -0.05) is 42.5 Å². The van der Waals surface area contributed by atoms with Gasteiger partial charge >= 0.3 is 0 Å². The van der Waals surface area contributed by atoms with Crippen molar-refractivity contribution in [3.8, 4) is 0 Å². The zero-order valence-corrected chi connectivity index (χ0v) is 12.3. The molecule has 0 aliphatic carbocycles. The lowest BCUT2D eigenvalue weighted by Crippen LogP contribution is -2.13. The van der Waals surface area contributed by atoms with Gasteiger partial charge in [0.2, 0.25) is 0 Å². The molecule has 0 aliphatic heterocycles. The third kappa shape index (κ3) is 3.23. The maximum Gasteiger partial charge on any atom is 0.137 e. The van der Waals surface area contributed by atoms with Crippen molar-refractivity contribution >= 4 is 16.7 Å². The van der Waals surface area contributed by atoms with Gasteiger partial charge in [-0.05, 0) is 30.5 Å². The van der Waals surface area contributed by atoms with Gasteiger partial charge in [0, 0.05) is 12.0 Å². The van der Waals surface area contributed by atoms with Crippen molar-refractivity contribution in [3.05, 3.63) is 66.5 Å². The molecule has 0 bridgehead atoms. The van der Waals surface area contributed by atoms with Crippen LogP contribution in [0.25, 0.3) is 10.9 Å². The van der Waals surface area contributed by atoms with E-state index in [9.17, 15) is 0 Å². The second-order valence-electron chi connectivity index (χ2n) is 5.21. The van der Waals surface area contributed by atoms with Crippen molar-refractivity contribution in [1.29, 1.82) is 0 Å². The normalized spacial score (nSPS) is 12.2. The van der Waals surface area contributed by atoms with Crippen molar-refractivity contribution in [1.82, 2.24) is 9.97 Å². The smallest absolute Gasteiger partial charge is 0.137 e. The summed E-state index contributed by atoms with van der Waals surface area (Å²) in [6.45, 7) is 0.190. The van der Waals surface area contributed by atoms with Crippen LogP contribution in [0.1, 0.15) is 24.4 Å². The van der Waals surface area contributed by atoms with Crippen molar-refractivity contribution < 1.29 is 5.11 Å². The average molecular weight is 293 g/mol. The molecule has 0 saturated heterocycles. The second kappa shape index (κ2) is 7.00. The summed E-state index contributed by atoms with van der Waals surface area (Å²) in [6, 6.07) is 18.3. The Balaban J connectivity index is 1.92. The van der Waals surface area contributed by atoms with Gasteiger partial charge in [0.05, 0.1) is 11.6 Å². The van der Waals surface area contributed by atoms with Gasteiger partial charge in [-0.25, -0.2) is 9.97 Å². The van der Waals surface area contributed by atoms with E-state index in [1.54, 1.807) is 6.33 Å². The second-order valence-corrected chi connectivity index (χ2v) is 5.21. The number of hydrogen-bond acceptors (Lipinski definition) is 4. The molecule has 1 atom stereocenters. The largest absolute Gasteiger partial charge is 0.396 e. The van der Waals surface area contributed by atoms with E-state index in [4.69, 9.17) is 5.11 Å². The molecule has 1 heterocycles. The summed E-state index contributed by atoms with van der Waals surface area (Å²) in [6.07, 6.45) is 3.17. The quantitative estimate of drug-likeness (QED) is 0.729. The topological polar surface area (TPSA) is 58.0 Å². The predicted molar refractivity (Wildman–Crippen MR) is 88.7 cm³/mol. The maximum absolute atomic E-state index is 9.15. The molecule has 4 heteroatoms. The Morgan fingerprint density at radius 2 is 1.73 bits per heavy atom. The van der Waals surface area contributed by atoms with Gasteiger partial charge in [0.15, 0.2) is 0 Å². The number of aromatic nitrogens is 2. The van der Waals surface area contributed by atoms with Crippen LogP contribution in [0.5, 0.6) is 0 Å². The molecule has 1 unspecified atom stereocenters. The number of aliphatic hydroxyl groups is 1. The molecule has 0 spiro atoms. The van der Waals surface area contributed by atoms with Crippen LogP contribution in [-0.2, 0) is 0 Å². The van der Waals surface area contributed by atoms with Crippen LogP contribution in [0.3, 0.4) is 0 Å². The average Bonchev–Trinajstić information content (AvgIpc) is 2.59. The molecule has 0 fully saturated rings. The van der Waals surface area contributed by atoms with Gasteiger partial charge in [0.25, 0.3) is 0 Å². The molecular formula is C18H19N3O. The Morgan fingerprint density at radius 3 is 2.55 bits per heavy atom. The summed E-state index contributed by atoms with van der Waals surface area (Å²) >= 11 is 0. The Kier molecular flexibility index (Phi) is 4.61. The van der Waals surface area contributed by atoms with Crippen LogP contribution in [0.15, 0.2) is 60.9 Å². The summed E-state index contributed by atoms with van der Waals surface area (Å²) in [7, 11) is 0. The number of anilines is 1. The number of fused-ring (bicyclic) bond motifs is 1. The number of hydrogen-bond donors (Lipinski definition) is 2. The Labute approximate surface area is 129 Å². The maximum atomic E-state index is 9.15. The summed E-state index contributed by atoms with van der Waals surface area (Å²) in [5.74, 6) is 0.831. The Morgan fingerprint density at radius 1 is 0.955 bits per heavy atom. The molecule has 1 aromatic heterocycles. The van der Waals surface area contributed by atoms with Crippen LogP contribution in [-0.4, -0.2) is 21.7 Å². The van der Waals surface area contributed by atoms with Crippen molar-refractivity contribution in [2.24, 2.45) is 0 Å². The van der Waals surface area contributed by atoms with Crippen LogP contribution < -0.4 is 5.32 Å². The highest BCUT2D eigenvalue weighted by atomic mass is 16.2. The molecule has 0 aliphatic rings. The summed E-state index contributed by atoms with van der Waals surface area (Å²) in [5, 5.41) is 13.7. The highest BCUT2D eigenvalue weighted by Crippen LogP contribution is 2.26. The Hall–Kier alpha value is -2.46. The molecule has 0 radical (unpaired) electrons. The third-order valence-corrected chi connectivity index (χ3v) is 3.71. The van der Waals surface area contributed by atoms with E-state index >= 15 is 0 Å². The number of nitrogens with one attached hydrogen (secondary N) is 1. The van der Waals surface area contributed by atoms with Crippen molar-refractivity contribution in [3.63, 3.8) is 0 Å². The minimum absolute atomic E-state index is 0.117. The van der Waals surface area contributed by atoms with Crippen molar-refractivity contribution in [2.75, 3.05) is 11.9 Å². The lowest BCUT2D eigenvalue weighted by atomic mass is 10.0. The van der Waals surface area contributed by atoms with Crippen LogP contribution in [0, 0.1) is 0 Å². The lowest BCUT2D eigenvalue weighted by Gasteiger charge is -2.20. The number of rotatable bonds is 6. The van der Waals surface area contributed by atoms with Gasteiger partial charge in [-0.15, -0.1) is 0 Å². The monoisotopic (exact) mass is 293 g/mol. The molecule has 3 aromatic rings. The first-order chi connectivity index (χ1) is 10.9. The molecule has 22 heavy (non-hydrogen) atoms. The van der Waals surface area contributed by atoms with Crippen molar-refractivity contribution in [2.45, 2.75) is 18.9 Å². The standard InChI is InChI=1S/C18H19N3O/c22-12-6-11-16(14-7-2-1-3-8-14)21-18-15-9-4-5-10-17(15)19-13-20-18/h1-5,7-10,13,16,22H,6,11-12H2,(H,19,20,21). The van der Waals surface area contributed by atoms with Crippen LogP contribution in [0.4, 0.5) is 5.82 Å². The van der Waals surface area contributed by atoms with E-state index in [0.29, 0.717) is 0 Å². The SMILES string of the molecule is OCCCC(Nc1ncnc2ccccc12)c1ccccc1. The molecular weight excluding hydrogens is 274 g/mol. The zero-order chi connectivity index (χ0) is 15.2. The molecule has 3 rings (SSSR count). The molecule has 4 nitrogen and oxygen atoms in total. The van der Waals surface area contributed by atoms with Gasteiger partial charge in [0.1, 0.15) is 12.1 Å². The van der Waals surface area contributed by atoms with Gasteiger partial charge in [-0.3, -0.25) is 0 Å². The number of para-hydroxylation sites is 1. The fourth-order valence-electron chi connectivity index (χ4n) is 2.59. The highest BCUT2D eigenvalue weighted by Gasteiger charge is 2.13. The van der Waals surface area contributed by atoms with E-state index < -0.39 is 0 Å². The van der Waals surface area contributed by atoms with E-state index in [1.807, 2.05) is 42.5 Å². The van der Waals surface area contributed by atoms with Crippen LogP contribution in [0.2, 0.25) is 0 Å². The molecule has 112 valence electrons. The fourth-order valence-corrected chi connectivity index (χ4v) is 2.59. The number of benzene rings is 2. The third-order valence-electron chi connectivity index (χ3n) is 3.71. The molecule has 0 amide bonds. The van der Waals surface area contributed by atoms with E-state index in [0.717, 1.165) is 29.6 Å². The summed E-state index contributed by atoms with van der Waals surface area (Å²) < 4.78 is 0. The number of aliphatic hydroxyl groups excluding tert-OH is 1. The fraction of sp³-hybridized carbons (Fsp3) is 0.222. The predicted octanol–water partition coefficient (Wildman–Crippen LogP) is 3.56. The molecule has 2 N–H and O–H groups in total. The molecule has 0 saturated carbocycles. The minimum Gasteiger partial charge on any atom is -0.396 e. The Bertz CT molecular complexity index is 725. The first kappa shape index (κ1) is 14.5. The van der Waals surface area contributed by atoms with Gasteiger partial charge < -0.3 is 10.4 Å². The first-order valence-electron chi connectivity index (χ1n) is 7.50. The van der Waals surface area contributed by atoms with E-state index in [-0.39, 0.29) is 12.6 Å². The van der Waals surface area contributed by atoms with E-state index in [2.05, 4.69) is 27.4 Å². The van der Waals surface area contributed by atoms with E-state index in [1.165, 1.54) is 5.56 Å². The molecule has 2 aromatic carbocycles. The summed E-state index contributed by atoms with van der Waals surface area (Å²) in [5.41, 5.74) is 2.12. The minimum atomic E-state index is 0.117. The highest BCUT2D eigenvalue weighted by molar-refractivity contribution is 5.88. The summed E-state index contributed by atoms with van der Waals surface area (Å²) in [4.78, 5) is 8.69. The first-order valence-corrected chi connectivity index (χ1v) is 7.50. The number of nitrogens with zero attached hydrogens (tertiary/aromatic N) is 2. The zero-order valence-electron chi connectivity index (χ0n) is 12.3. The van der Waals surface area contributed by atoms with Crippen LogP contribution >= 0.6 is 0 Å². The lowest BCUT2D eigenvalue weighted by molar-refractivity contribution is 0.281.